The van der Waals surface area contributed by atoms with Gasteiger partial charge < -0.3 is 28.9 Å². The van der Waals surface area contributed by atoms with Crippen LogP contribution in [0.2, 0.25) is 0 Å². The third-order valence-electron chi connectivity index (χ3n) is 8.77. The zero-order valence-corrected chi connectivity index (χ0v) is 22.9. The number of hydrogen-bond donors (Lipinski definition) is 0. The van der Waals surface area contributed by atoms with E-state index in [4.69, 9.17) is 4.74 Å². The lowest BCUT2D eigenvalue weighted by Crippen LogP contribution is -2.52. The number of piperazine rings is 1. The molecule has 1 unspecified atom stereocenters. The lowest BCUT2D eigenvalue weighted by molar-refractivity contribution is -0.132. The zero-order valence-electron chi connectivity index (χ0n) is 22.9. The van der Waals surface area contributed by atoms with Crippen molar-refractivity contribution < 1.29 is 14.3 Å². The topological polar surface area (TPSA) is 61.3 Å². The van der Waals surface area contributed by atoms with Gasteiger partial charge >= 0.3 is 0 Å². The van der Waals surface area contributed by atoms with Gasteiger partial charge in [0, 0.05) is 56.4 Å². The highest BCUT2D eigenvalue weighted by Crippen LogP contribution is 2.44. The first-order valence-electron chi connectivity index (χ1n) is 13.9. The fraction of sp³-hybridized carbons (Fsp3) is 0.312. The van der Waals surface area contributed by atoms with Crippen LogP contribution in [0, 0.1) is 0 Å². The second-order valence-corrected chi connectivity index (χ2v) is 10.8. The van der Waals surface area contributed by atoms with Crippen molar-refractivity contribution in [3.63, 3.8) is 0 Å². The number of fused-ring (bicyclic) bond motifs is 6. The van der Waals surface area contributed by atoms with Crippen LogP contribution in [0.25, 0.3) is 10.9 Å². The summed E-state index contributed by atoms with van der Waals surface area (Å²) in [6, 6.07) is 24.3. The Bertz CT molecular complexity index is 1600. The zero-order chi connectivity index (χ0) is 27.4. The summed E-state index contributed by atoms with van der Waals surface area (Å²) in [6.45, 7) is 3.83. The van der Waals surface area contributed by atoms with Crippen molar-refractivity contribution in [1.82, 2.24) is 14.4 Å². The maximum absolute atomic E-state index is 13.8. The van der Waals surface area contributed by atoms with Gasteiger partial charge in [0.2, 0.25) is 5.91 Å². The molecule has 4 heterocycles. The molecule has 204 valence electrons. The van der Waals surface area contributed by atoms with Crippen molar-refractivity contribution in [3.8, 4) is 5.75 Å². The number of benzene rings is 3. The van der Waals surface area contributed by atoms with Gasteiger partial charge in [-0.05, 0) is 54.4 Å². The second-order valence-electron chi connectivity index (χ2n) is 10.8. The van der Waals surface area contributed by atoms with Crippen LogP contribution in [0.1, 0.15) is 27.8 Å². The van der Waals surface area contributed by atoms with Gasteiger partial charge in [0.05, 0.1) is 24.1 Å². The lowest BCUT2D eigenvalue weighted by Gasteiger charge is -2.46. The SMILES string of the molecule is COc1ccc(N2CCN(C(=O)Cn3c4c(c5ccccc53)CCN3C(=O)c5ccccc5N(C)C43)CC2)cc1. The summed E-state index contributed by atoms with van der Waals surface area (Å²) in [5, 5.41) is 1.17. The molecule has 0 spiro atoms. The molecule has 3 aliphatic heterocycles. The summed E-state index contributed by atoms with van der Waals surface area (Å²) in [6.07, 6.45) is 0.522. The molecule has 0 aliphatic carbocycles. The number of carbonyl (C=O) groups excluding carboxylic acids is 2. The third-order valence-corrected chi connectivity index (χ3v) is 8.77. The summed E-state index contributed by atoms with van der Waals surface area (Å²) < 4.78 is 7.47. The van der Waals surface area contributed by atoms with Crippen LogP contribution in [0.5, 0.6) is 5.75 Å². The van der Waals surface area contributed by atoms with E-state index in [-0.39, 0.29) is 24.5 Å². The number of aromatic nitrogens is 1. The maximum Gasteiger partial charge on any atom is 0.257 e. The summed E-state index contributed by atoms with van der Waals surface area (Å²) in [4.78, 5) is 35.9. The fourth-order valence-electron chi connectivity index (χ4n) is 6.72. The fourth-order valence-corrected chi connectivity index (χ4v) is 6.72. The highest BCUT2D eigenvalue weighted by Gasteiger charge is 2.43. The molecule has 40 heavy (non-hydrogen) atoms. The van der Waals surface area contributed by atoms with Gasteiger partial charge in [-0.25, -0.2) is 0 Å². The van der Waals surface area contributed by atoms with Gasteiger partial charge in [0.15, 0.2) is 0 Å². The van der Waals surface area contributed by atoms with E-state index in [1.807, 2.05) is 52.3 Å². The second kappa shape index (κ2) is 9.62. The smallest absolute Gasteiger partial charge is 0.257 e. The standard InChI is InChI=1S/C32H33N5O3/c1-33-27-9-5-4-8-26(27)32(39)36-16-15-25-24-7-3-6-10-28(24)37(30(25)31(33)36)21-29(38)35-19-17-34(18-20-35)22-11-13-23(40-2)14-12-22/h3-14,31H,15-21H2,1-2H3. The van der Waals surface area contributed by atoms with Crippen molar-refractivity contribution in [1.29, 1.82) is 0 Å². The summed E-state index contributed by atoms with van der Waals surface area (Å²) in [7, 11) is 3.73. The number of nitrogens with zero attached hydrogens (tertiary/aromatic N) is 5. The molecule has 1 saturated heterocycles. The van der Waals surface area contributed by atoms with Crippen molar-refractivity contribution >= 4 is 34.1 Å². The van der Waals surface area contributed by atoms with E-state index in [0.29, 0.717) is 19.6 Å². The van der Waals surface area contributed by atoms with E-state index in [1.165, 1.54) is 10.9 Å². The van der Waals surface area contributed by atoms with E-state index in [9.17, 15) is 9.59 Å². The van der Waals surface area contributed by atoms with Crippen LogP contribution >= 0.6 is 0 Å². The molecule has 3 aromatic carbocycles. The predicted octanol–water partition coefficient (Wildman–Crippen LogP) is 4.15. The van der Waals surface area contributed by atoms with Crippen molar-refractivity contribution in [2.24, 2.45) is 0 Å². The molecule has 0 N–H and O–H groups in total. The lowest BCUT2D eigenvalue weighted by atomic mass is 9.96. The van der Waals surface area contributed by atoms with Crippen LogP contribution in [-0.4, -0.2) is 73.1 Å². The molecule has 2 amide bonds. The Balaban J connectivity index is 1.18. The first-order valence-corrected chi connectivity index (χ1v) is 13.9. The number of amides is 2. The van der Waals surface area contributed by atoms with Crippen molar-refractivity contribution in [2.75, 3.05) is 56.7 Å². The quantitative estimate of drug-likeness (QED) is 0.393. The number of rotatable bonds is 4. The van der Waals surface area contributed by atoms with E-state index in [1.54, 1.807) is 7.11 Å². The molecule has 0 bridgehead atoms. The minimum absolute atomic E-state index is 0.0575. The molecule has 1 fully saturated rings. The van der Waals surface area contributed by atoms with Crippen LogP contribution in [0.4, 0.5) is 11.4 Å². The van der Waals surface area contributed by atoms with Crippen LogP contribution < -0.4 is 14.5 Å². The predicted molar refractivity (Wildman–Crippen MR) is 156 cm³/mol. The summed E-state index contributed by atoms with van der Waals surface area (Å²) in [5.74, 6) is 1.01. The van der Waals surface area contributed by atoms with Crippen LogP contribution in [0.15, 0.2) is 72.8 Å². The molecule has 1 atom stereocenters. The number of hydrogen-bond acceptors (Lipinski definition) is 5. The number of para-hydroxylation sites is 2. The minimum Gasteiger partial charge on any atom is -0.497 e. The number of ether oxygens (including phenoxy) is 1. The van der Waals surface area contributed by atoms with E-state index in [2.05, 4.69) is 51.7 Å². The van der Waals surface area contributed by atoms with Crippen molar-refractivity contribution in [2.45, 2.75) is 19.1 Å². The first-order chi connectivity index (χ1) is 19.5. The minimum atomic E-state index is -0.252. The van der Waals surface area contributed by atoms with Crippen LogP contribution in [-0.2, 0) is 17.8 Å². The van der Waals surface area contributed by atoms with Gasteiger partial charge in [0.25, 0.3) is 5.91 Å². The maximum atomic E-state index is 13.8. The average Bonchev–Trinajstić information content (AvgIpc) is 3.33. The average molecular weight is 536 g/mol. The molecule has 1 aromatic heterocycles. The van der Waals surface area contributed by atoms with Gasteiger partial charge in [-0.2, -0.15) is 0 Å². The normalized spacial score (nSPS) is 18.4. The van der Waals surface area contributed by atoms with Gasteiger partial charge in [0.1, 0.15) is 18.5 Å². The largest absolute Gasteiger partial charge is 0.497 e. The van der Waals surface area contributed by atoms with Crippen LogP contribution in [0.3, 0.4) is 0 Å². The van der Waals surface area contributed by atoms with Gasteiger partial charge in [-0.15, -0.1) is 0 Å². The number of anilines is 2. The molecular formula is C32H33N5O3. The molecule has 3 aliphatic rings. The number of carbonyl (C=O) groups is 2. The van der Waals surface area contributed by atoms with E-state index in [0.717, 1.165) is 53.4 Å². The molecular weight excluding hydrogens is 502 g/mol. The Kier molecular flexibility index (Phi) is 5.91. The Hall–Kier alpha value is -4.46. The third kappa shape index (κ3) is 3.81. The molecule has 8 heteroatoms. The van der Waals surface area contributed by atoms with Gasteiger partial charge in [-0.1, -0.05) is 30.3 Å². The highest BCUT2D eigenvalue weighted by molar-refractivity contribution is 6.02. The molecule has 0 radical (unpaired) electrons. The van der Waals surface area contributed by atoms with Gasteiger partial charge in [-0.3, -0.25) is 9.59 Å². The summed E-state index contributed by atoms with van der Waals surface area (Å²) >= 11 is 0. The van der Waals surface area contributed by atoms with Crippen molar-refractivity contribution in [3.05, 3.63) is 89.6 Å². The monoisotopic (exact) mass is 535 g/mol. The summed E-state index contributed by atoms with van der Waals surface area (Å²) in [5.41, 5.74) is 6.16. The Morgan fingerprint density at radius 2 is 1.62 bits per heavy atom. The van der Waals surface area contributed by atoms with E-state index < -0.39 is 0 Å². The Labute approximate surface area is 233 Å². The molecule has 4 aromatic rings. The molecule has 0 saturated carbocycles. The molecule has 8 nitrogen and oxygen atoms in total. The first kappa shape index (κ1) is 24.6. The Morgan fingerprint density at radius 3 is 2.40 bits per heavy atom. The highest BCUT2D eigenvalue weighted by atomic mass is 16.5. The number of methoxy groups -OCH3 is 1. The molecule has 7 rings (SSSR count). The Morgan fingerprint density at radius 1 is 0.900 bits per heavy atom. The van der Waals surface area contributed by atoms with E-state index >= 15 is 0 Å².